The van der Waals surface area contributed by atoms with E-state index in [9.17, 15) is 22.8 Å². The van der Waals surface area contributed by atoms with Crippen molar-refractivity contribution in [1.82, 2.24) is 0 Å². The summed E-state index contributed by atoms with van der Waals surface area (Å²) in [6.45, 7) is 1.18. The first-order chi connectivity index (χ1) is 12.2. The van der Waals surface area contributed by atoms with Crippen molar-refractivity contribution < 1.29 is 32.2 Å². The molecular formula is C18H16F3NO4. The van der Waals surface area contributed by atoms with Crippen molar-refractivity contribution in [3.8, 4) is 5.75 Å². The molecule has 2 rings (SSSR count). The van der Waals surface area contributed by atoms with Gasteiger partial charge in [-0.15, -0.1) is 0 Å². The summed E-state index contributed by atoms with van der Waals surface area (Å²) in [6.07, 6.45) is -4.57. The van der Waals surface area contributed by atoms with Crippen molar-refractivity contribution in [2.45, 2.75) is 13.1 Å². The molecule has 26 heavy (non-hydrogen) atoms. The molecule has 0 aliphatic heterocycles. The van der Waals surface area contributed by atoms with Gasteiger partial charge in [0.1, 0.15) is 5.75 Å². The summed E-state index contributed by atoms with van der Waals surface area (Å²) in [6, 6.07) is 8.92. The standard InChI is InChI=1S/C18H16F3NO4/c1-11-6-7-15(25-2)14(8-11)22-16(23)10-26-17(24)12-4-3-5-13(9-12)18(19,20)21/h3-9H,10H2,1-2H3,(H,22,23). The molecule has 0 atom stereocenters. The van der Waals surface area contributed by atoms with E-state index in [1.807, 2.05) is 6.92 Å². The number of alkyl halides is 3. The first kappa shape index (κ1) is 19.3. The van der Waals surface area contributed by atoms with E-state index in [2.05, 4.69) is 5.32 Å². The van der Waals surface area contributed by atoms with Gasteiger partial charge in [-0.2, -0.15) is 13.2 Å². The molecule has 0 heterocycles. The fourth-order valence-corrected chi connectivity index (χ4v) is 2.14. The summed E-state index contributed by atoms with van der Waals surface area (Å²) < 4.78 is 47.9. The van der Waals surface area contributed by atoms with Crippen LogP contribution in [0.1, 0.15) is 21.5 Å². The first-order valence-corrected chi connectivity index (χ1v) is 7.49. The van der Waals surface area contributed by atoms with Crippen molar-refractivity contribution in [2.24, 2.45) is 0 Å². The molecule has 2 aromatic rings. The van der Waals surface area contributed by atoms with E-state index < -0.39 is 30.2 Å². The van der Waals surface area contributed by atoms with Crippen LogP contribution in [0.25, 0.3) is 0 Å². The highest BCUT2D eigenvalue weighted by Gasteiger charge is 2.31. The van der Waals surface area contributed by atoms with E-state index in [1.165, 1.54) is 13.2 Å². The third-order valence-corrected chi connectivity index (χ3v) is 3.39. The molecule has 0 saturated heterocycles. The van der Waals surface area contributed by atoms with Gasteiger partial charge >= 0.3 is 12.1 Å². The van der Waals surface area contributed by atoms with Gasteiger partial charge in [-0.25, -0.2) is 4.79 Å². The molecule has 138 valence electrons. The van der Waals surface area contributed by atoms with Gasteiger partial charge in [0.05, 0.1) is 23.9 Å². The van der Waals surface area contributed by atoms with E-state index in [1.54, 1.807) is 18.2 Å². The van der Waals surface area contributed by atoms with E-state index >= 15 is 0 Å². The lowest BCUT2D eigenvalue weighted by Gasteiger charge is -2.11. The summed E-state index contributed by atoms with van der Waals surface area (Å²) in [5.74, 6) is -1.25. The molecule has 2 aromatic carbocycles. The molecule has 0 bridgehead atoms. The molecule has 0 radical (unpaired) electrons. The van der Waals surface area contributed by atoms with Crippen LogP contribution < -0.4 is 10.1 Å². The maximum Gasteiger partial charge on any atom is 0.416 e. The molecule has 1 amide bonds. The molecule has 8 heteroatoms. The number of hydrogen-bond donors (Lipinski definition) is 1. The summed E-state index contributed by atoms with van der Waals surface area (Å²) in [5, 5.41) is 2.52. The molecule has 0 aliphatic rings. The van der Waals surface area contributed by atoms with Crippen molar-refractivity contribution in [3.63, 3.8) is 0 Å². The summed E-state index contributed by atoms with van der Waals surface area (Å²) in [4.78, 5) is 23.8. The van der Waals surface area contributed by atoms with Gasteiger partial charge in [-0.3, -0.25) is 4.79 Å². The van der Waals surface area contributed by atoms with Crippen LogP contribution in [0.15, 0.2) is 42.5 Å². The topological polar surface area (TPSA) is 64.6 Å². The van der Waals surface area contributed by atoms with Gasteiger partial charge in [0.2, 0.25) is 0 Å². The lowest BCUT2D eigenvalue weighted by molar-refractivity contribution is -0.137. The lowest BCUT2D eigenvalue weighted by Crippen LogP contribution is -2.21. The second-order valence-corrected chi connectivity index (χ2v) is 5.41. The monoisotopic (exact) mass is 367 g/mol. The highest BCUT2D eigenvalue weighted by Crippen LogP contribution is 2.29. The number of carbonyl (C=O) groups excluding carboxylic acids is 2. The number of hydrogen-bond acceptors (Lipinski definition) is 4. The number of ether oxygens (including phenoxy) is 2. The maximum absolute atomic E-state index is 12.7. The zero-order chi connectivity index (χ0) is 19.3. The normalized spacial score (nSPS) is 11.0. The molecule has 0 spiro atoms. The minimum Gasteiger partial charge on any atom is -0.495 e. The van der Waals surface area contributed by atoms with Crippen molar-refractivity contribution in [3.05, 3.63) is 59.2 Å². The van der Waals surface area contributed by atoms with Crippen LogP contribution >= 0.6 is 0 Å². The quantitative estimate of drug-likeness (QED) is 0.816. The van der Waals surface area contributed by atoms with Gasteiger partial charge in [-0.1, -0.05) is 12.1 Å². The van der Waals surface area contributed by atoms with E-state index in [4.69, 9.17) is 9.47 Å². The number of amides is 1. The maximum atomic E-state index is 12.7. The molecule has 0 unspecified atom stereocenters. The molecular weight excluding hydrogens is 351 g/mol. The van der Waals surface area contributed by atoms with Crippen molar-refractivity contribution in [2.75, 3.05) is 19.0 Å². The predicted molar refractivity (Wildman–Crippen MR) is 88.1 cm³/mol. The Morgan fingerprint density at radius 1 is 1.12 bits per heavy atom. The second kappa shape index (κ2) is 7.90. The number of anilines is 1. The summed E-state index contributed by atoms with van der Waals surface area (Å²) >= 11 is 0. The van der Waals surface area contributed by atoms with Gasteiger partial charge in [-0.05, 0) is 42.8 Å². The molecule has 0 saturated carbocycles. The SMILES string of the molecule is COc1ccc(C)cc1NC(=O)COC(=O)c1cccc(C(F)(F)F)c1. The van der Waals surface area contributed by atoms with Crippen LogP contribution in [0.4, 0.5) is 18.9 Å². The van der Waals surface area contributed by atoms with Crippen molar-refractivity contribution >= 4 is 17.6 Å². The van der Waals surface area contributed by atoms with Crippen LogP contribution in [0.2, 0.25) is 0 Å². The van der Waals surface area contributed by atoms with Crippen molar-refractivity contribution in [1.29, 1.82) is 0 Å². The Labute approximate surface area is 147 Å². The van der Waals surface area contributed by atoms with E-state index in [0.717, 1.165) is 17.7 Å². The van der Waals surface area contributed by atoms with Crippen LogP contribution in [0.3, 0.4) is 0 Å². The largest absolute Gasteiger partial charge is 0.495 e. The van der Waals surface area contributed by atoms with Gasteiger partial charge in [0.15, 0.2) is 6.61 Å². The molecule has 0 aromatic heterocycles. The van der Waals surface area contributed by atoms with Crippen LogP contribution in [0, 0.1) is 6.92 Å². The molecule has 0 aliphatic carbocycles. The van der Waals surface area contributed by atoms with Crippen LogP contribution in [-0.2, 0) is 15.7 Å². The fraction of sp³-hybridized carbons (Fsp3) is 0.222. The average Bonchev–Trinajstić information content (AvgIpc) is 2.59. The van der Waals surface area contributed by atoms with Gasteiger partial charge in [0, 0.05) is 0 Å². The van der Waals surface area contributed by atoms with E-state index in [0.29, 0.717) is 17.5 Å². The Morgan fingerprint density at radius 2 is 1.85 bits per heavy atom. The number of halogens is 3. The Morgan fingerprint density at radius 3 is 2.50 bits per heavy atom. The first-order valence-electron chi connectivity index (χ1n) is 7.49. The predicted octanol–water partition coefficient (Wildman–Crippen LogP) is 3.82. The number of methoxy groups -OCH3 is 1. The summed E-state index contributed by atoms with van der Waals surface area (Å²) in [5.41, 5.74) is 0.0105. The number of carbonyl (C=O) groups is 2. The number of aryl methyl sites for hydroxylation is 1. The molecule has 1 N–H and O–H groups in total. The molecule has 5 nitrogen and oxygen atoms in total. The molecule has 0 fully saturated rings. The zero-order valence-corrected chi connectivity index (χ0v) is 14.0. The highest BCUT2D eigenvalue weighted by molar-refractivity contribution is 5.96. The summed E-state index contributed by atoms with van der Waals surface area (Å²) in [7, 11) is 1.44. The smallest absolute Gasteiger partial charge is 0.416 e. The Kier molecular flexibility index (Phi) is 5.86. The minimum absolute atomic E-state index is 0.291. The van der Waals surface area contributed by atoms with Crippen LogP contribution in [-0.4, -0.2) is 25.6 Å². The highest BCUT2D eigenvalue weighted by atomic mass is 19.4. The fourth-order valence-electron chi connectivity index (χ4n) is 2.14. The average molecular weight is 367 g/mol. The number of nitrogens with one attached hydrogen (secondary N) is 1. The lowest BCUT2D eigenvalue weighted by atomic mass is 10.1. The minimum atomic E-state index is -4.57. The third-order valence-electron chi connectivity index (χ3n) is 3.39. The number of rotatable bonds is 5. The third kappa shape index (κ3) is 4.98. The second-order valence-electron chi connectivity index (χ2n) is 5.41. The van der Waals surface area contributed by atoms with Gasteiger partial charge < -0.3 is 14.8 Å². The number of esters is 1. The Hall–Kier alpha value is -3.03. The number of benzene rings is 2. The van der Waals surface area contributed by atoms with Crippen LogP contribution in [0.5, 0.6) is 5.75 Å². The van der Waals surface area contributed by atoms with E-state index in [-0.39, 0.29) is 5.56 Å². The Bertz CT molecular complexity index is 818. The zero-order valence-electron chi connectivity index (χ0n) is 14.0. The van der Waals surface area contributed by atoms with Gasteiger partial charge in [0.25, 0.3) is 5.91 Å². The Balaban J connectivity index is 1.99.